The molecule has 1 N–H and O–H groups in total. The Morgan fingerprint density at radius 3 is 2.72 bits per heavy atom. The van der Waals surface area contributed by atoms with Crippen molar-refractivity contribution in [2.45, 2.75) is 0 Å². The number of hydrogen-bond acceptors (Lipinski definition) is 3. The van der Waals surface area contributed by atoms with E-state index in [0.29, 0.717) is 12.1 Å². The molecule has 0 spiro atoms. The maximum Gasteiger partial charge on any atom is 0.254 e. The van der Waals surface area contributed by atoms with Gasteiger partial charge in [0.2, 0.25) is 0 Å². The first kappa shape index (κ1) is 12.2. The van der Waals surface area contributed by atoms with Crippen LogP contribution in [0.25, 0.3) is 0 Å². The van der Waals surface area contributed by atoms with Crippen LogP contribution in [0.4, 0.5) is 5.69 Å². The van der Waals surface area contributed by atoms with E-state index in [1.54, 1.807) is 6.07 Å². The molecule has 4 nitrogen and oxygen atoms in total. The van der Waals surface area contributed by atoms with Crippen LogP contribution in [0, 0.1) is 0 Å². The van der Waals surface area contributed by atoms with E-state index in [2.05, 4.69) is 10.2 Å². The molecule has 0 saturated heterocycles. The first-order chi connectivity index (χ1) is 8.77. The van der Waals surface area contributed by atoms with Gasteiger partial charge in [-0.1, -0.05) is 18.2 Å². The Hall–Kier alpha value is -2.23. The molecule has 0 aliphatic carbocycles. The van der Waals surface area contributed by atoms with Gasteiger partial charge in [-0.15, -0.1) is 0 Å². The molecule has 0 fully saturated rings. The number of amides is 1. The van der Waals surface area contributed by atoms with Crippen molar-refractivity contribution in [1.82, 2.24) is 5.32 Å². The topological polar surface area (TPSA) is 45.5 Å². The van der Waals surface area contributed by atoms with E-state index in [-0.39, 0.29) is 5.91 Å². The van der Waals surface area contributed by atoms with Gasteiger partial charge in [0.1, 0.15) is 6.26 Å². The molecule has 18 heavy (non-hydrogen) atoms. The van der Waals surface area contributed by atoms with Gasteiger partial charge < -0.3 is 14.6 Å². The zero-order chi connectivity index (χ0) is 12.8. The Kier molecular flexibility index (Phi) is 4.02. The summed E-state index contributed by atoms with van der Waals surface area (Å²) in [5.41, 5.74) is 1.69. The second-order valence-corrected chi connectivity index (χ2v) is 4.03. The minimum absolute atomic E-state index is 0.106. The lowest BCUT2D eigenvalue weighted by Gasteiger charge is -2.19. The largest absolute Gasteiger partial charge is 0.472 e. The molecule has 0 saturated carbocycles. The molecule has 0 bridgehead atoms. The number of likely N-dealkylation sites (N-methyl/N-ethyl adjacent to an activating group) is 1. The first-order valence-corrected chi connectivity index (χ1v) is 5.84. The van der Waals surface area contributed by atoms with Gasteiger partial charge in [0, 0.05) is 25.8 Å². The summed E-state index contributed by atoms with van der Waals surface area (Å²) in [4.78, 5) is 13.7. The van der Waals surface area contributed by atoms with Gasteiger partial charge in [0.05, 0.1) is 11.8 Å². The SMILES string of the molecule is CN(CCNC(=O)c1ccoc1)c1ccccc1. The molecule has 1 amide bonds. The smallest absolute Gasteiger partial charge is 0.254 e. The van der Waals surface area contributed by atoms with Crippen molar-refractivity contribution in [2.75, 3.05) is 25.0 Å². The summed E-state index contributed by atoms with van der Waals surface area (Å²) in [5.74, 6) is -0.106. The van der Waals surface area contributed by atoms with Crippen LogP contribution in [-0.2, 0) is 0 Å². The van der Waals surface area contributed by atoms with Crippen LogP contribution in [-0.4, -0.2) is 26.0 Å². The molecule has 94 valence electrons. The molecule has 0 atom stereocenters. The third kappa shape index (κ3) is 3.13. The minimum Gasteiger partial charge on any atom is -0.472 e. The van der Waals surface area contributed by atoms with Crippen molar-refractivity contribution in [3.63, 3.8) is 0 Å². The second-order valence-electron chi connectivity index (χ2n) is 4.03. The average Bonchev–Trinajstić information content (AvgIpc) is 2.93. The number of benzene rings is 1. The van der Waals surface area contributed by atoms with E-state index >= 15 is 0 Å². The summed E-state index contributed by atoms with van der Waals surface area (Å²) >= 11 is 0. The predicted octanol–water partition coefficient (Wildman–Crippen LogP) is 2.15. The third-order valence-corrected chi connectivity index (χ3v) is 2.71. The highest BCUT2D eigenvalue weighted by molar-refractivity contribution is 5.93. The fourth-order valence-corrected chi connectivity index (χ4v) is 1.64. The second kappa shape index (κ2) is 5.91. The molecule has 0 aliphatic heterocycles. The number of nitrogens with zero attached hydrogens (tertiary/aromatic N) is 1. The summed E-state index contributed by atoms with van der Waals surface area (Å²) in [6, 6.07) is 11.7. The fraction of sp³-hybridized carbons (Fsp3) is 0.214. The Balaban J connectivity index is 1.77. The minimum atomic E-state index is -0.106. The van der Waals surface area contributed by atoms with Crippen molar-refractivity contribution < 1.29 is 9.21 Å². The van der Waals surface area contributed by atoms with Gasteiger partial charge in [-0.3, -0.25) is 4.79 Å². The van der Waals surface area contributed by atoms with Gasteiger partial charge in [-0.2, -0.15) is 0 Å². The van der Waals surface area contributed by atoms with Gasteiger partial charge >= 0.3 is 0 Å². The van der Waals surface area contributed by atoms with Gasteiger partial charge in [0.15, 0.2) is 0 Å². The van der Waals surface area contributed by atoms with E-state index in [1.807, 2.05) is 37.4 Å². The summed E-state index contributed by atoms with van der Waals surface area (Å²) in [5, 5.41) is 2.85. The van der Waals surface area contributed by atoms with Gasteiger partial charge in [0.25, 0.3) is 5.91 Å². The molecular formula is C14H16N2O2. The number of hydrogen-bond donors (Lipinski definition) is 1. The van der Waals surface area contributed by atoms with E-state index in [4.69, 9.17) is 4.42 Å². The predicted molar refractivity (Wildman–Crippen MR) is 70.8 cm³/mol. The van der Waals surface area contributed by atoms with Crippen LogP contribution in [0.3, 0.4) is 0 Å². The monoisotopic (exact) mass is 244 g/mol. The van der Waals surface area contributed by atoms with E-state index < -0.39 is 0 Å². The van der Waals surface area contributed by atoms with E-state index in [0.717, 1.165) is 12.2 Å². The number of para-hydroxylation sites is 1. The number of carbonyl (C=O) groups is 1. The molecule has 0 radical (unpaired) electrons. The molecule has 1 aromatic carbocycles. The van der Waals surface area contributed by atoms with Gasteiger partial charge in [-0.25, -0.2) is 0 Å². The van der Waals surface area contributed by atoms with E-state index in [1.165, 1.54) is 12.5 Å². The molecule has 0 unspecified atom stereocenters. The molecule has 1 aromatic heterocycles. The highest BCUT2D eigenvalue weighted by Gasteiger charge is 2.06. The maximum atomic E-state index is 11.6. The lowest BCUT2D eigenvalue weighted by molar-refractivity contribution is 0.0954. The molecule has 4 heteroatoms. The molecule has 2 aromatic rings. The van der Waals surface area contributed by atoms with Crippen LogP contribution in [0.15, 0.2) is 53.3 Å². The van der Waals surface area contributed by atoms with Crippen molar-refractivity contribution in [2.24, 2.45) is 0 Å². The number of furan rings is 1. The van der Waals surface area contributed by atoms with Crippen LogP contribution >= 0.6 is 0 Å². The first-order valence-electron chi connectivity index (χ1n) is 5.84. The van der Waals surface area contributed by atoms with Crippen LogP contribution in [0.5, 0.6) is 0 Å². The molecule has 0 aliphatic rings. The van der Waals surface area contributed by atoms with Crippen LogP contribution < -0.4 is 10.2 Å². The number of carbonyl (C=O) groups excluding carboxylic acids is 1. The number of rotatable bonds is 5. The summed E-state index contributed by atoms with van der Waals surface area (Å²) < 4.78 is 4.86. The number of nitrogens with one attached hydrogen (secondary N) is 1. The zero-order valence-corrected chi connectivity index (χ0v) is 10.3. The lowest BCUT2D eigenvalue weighted by Crippen LogP contribution is -2.32. The van der Waals surface area contributed by atoms with Crippen molar-refractivity contribution in [3.8, 4) is 0 Å². The highest BCUT2D eigenvalue weighted by Crippen LogP contribution is 2.09. The lowest BCUT2D eigenvalue weighted by atomic mass is 10.3. The van der Waals surface area contributed by atoms with Crippen LogP contribution in [0.2, 0.25) is 0 Å². The van der Waals surface area contributed by atoms with E-state index in [9.17, 15) is 4.79 Å². The van der Waals surface area contributed by atoms with Crippen molar-refractivity contribution >= 4 is 11.6 Å². The van der Waals surface area contributed by atoms with Gasteiger partial charge in [-0.05, 0) is 18.2 Å². The highest BCUT2D eigenvalue weighted by atomic mass is 16.3. The number of anilines is 1. The summed E-state index contributed by atoms with van der Waals surface area (Å²) in [7, 11) is 2.00. The fourth-order valence-electron chi connectivity index (χ4n) is 1.64. The normalized spacial score (nSPS) is 10.1. The van der Waals surface area contributed by atoms with Crippen LogP contribution in [0.1, 0.15) is 10.4 Å². The summed E-state index contributed by atoms with van der Waals surface area (Å²) in [6.07, 6.45) is 2.93. The Morgan fingerprint density at radius 1 is 1.28 bits per heavy atom. The zero-order valence-electron chi connectivity index (χ0n) is 10.3. The van der Waals surface area contributed by atoms with Crippen molar-refractivity contribution in [1.29, 1.82) is 0 Å². The third-order valence-electron chi connectivity index (χ3n) is 2.71. The summed E-state index contributed by atoms with van der Waals surface area (Å²) in [6.45, 7) is 1.35. The Labute approximate surface area is 106 Å². The quantitative estimate of drug-likeness (QED) is 0.876. The van der Waals surface area contributed by atoms with Crippen molar-refractivity contribution in [3.05, 3.63) is 54.5 Å². The standard InChI is InChI=1S/C14H16N2O2/c1-16(13-5-3-2-4-6-13)9-8-15-14(17)12-7-10-18-11-12/h2-7,10-11H,8-9H2,1H3,(H,15,17). The molecule has 2 rings (SSSR count). The maximum absolute atomic E-state index is 11.6. The molecule has 1 heterocycles. The molecular weight excluding hydrogens is 228 g/mol. The Morgan fingerprint density at radius 2 is 2.06 bits per heavy atom. The average molecular weight is 244 g/mol. The Bertz CT molecular complexity index is 480.